The molecule has 3 rings (SSSR count). The fraction of sp³-hybridized carbons (Fsp3) is 0.500. The molecule has 1 unspecified atom stereocenters. The maximum atomic E-state index is 4.24. The summed E-state index contributed by atoms with van der Waals surface area (Å²) in [4.78, 5) is 8.11. The largest absolute Gasteiger partial charge is 0.317 e. The smallest absolute Gasteiger partial charge is 0.115 e. The molecular formula is C12H16N6. The van der Waals surface area contributed by atoms with Crippen LogP contribution >= 0.6 is 0 Å². The Kier molecular flexibility index (Phi) is 3.27. The van der Waals surface area contributed by atoms with E-state index in [4.69, 9.17) is 0 Å². The van der Waals surface area contributed by atoms with Gasteiger partial charge < -0.3 is 5.32 Å². The van der Waals surface area contributed by atoms with Gasteiger partial charge in [-0.2, -0.15) is 0 Å². The molecule has 1 fully saturated rings. The van der Waals surface area contributed by atoms with Crippen LogP contribution in [0.25, 0.3) is 11.3 Å². The van der Waals surface area contributed by atoms with E-state index in [0.717, 1.165) is 37.2 Å². The lowest BCUT2D eigenvalue weighted by Gasteiger charge is -2.16. The molecule has 2 aromatic heterocycles. The second-order valence-electron chi connectivity index (χ2n) is 4.53. The van der Waals surface area contributed by atoms with Gasteiger partial charge in [-0.15, -0.1) is 5.10 Å². The maximum Gasteiger partial charge on any atom is 0.115 e. The van der Waals surface area contributed by atoms with Gasteiger partial charge in [0.1, 0.15) is 6.33 Å². The second-order valence-corrected chi connectivity index (χ2v) is 4.53. The van der Waals surface area contributed by atoms with Crippen molar-refractivity contribution >= 4 is 0 Å². The fourth-order valence-corrected chi connectivity index (χ4v) is 2.40. The Morgan fingerprint density at radius 2 is 2.00 bits per heavy atom. The Hall–Kier alpha value is -1.82. The van der Waals surface area contributed by atoms with Crippen LogP contribution < -0.4 is 5.32 Å². The lowest BCUT2D eigenvalue weighted by Crippen LogP contribution is -2.16. The van der Waals surface area contributed by atoms with Crippen LogP contribution in [0.5, 0.6) is 0 Å². The minimum Gasteiger partial charge on any atom is -0.317 e. The highest BCUT2D eigenvalue weighted by Gasteiger charge is 2.18. The van der Waals surface area contributed by atoms with Crippen molar-refractivity contribution in [3.05, 3.63) is 24.9 Å². The highest BCUT2D eigenvalue weighted by atomic mass is 15.4. The highest BCUT2D eigenvalue weighted by molar-refractivity contribution is 5.55. The van der Waals surface area contributed by atoms with Crippen molar-refractivity contribution in [3.8, 4) is 11.3 Å². The third kappa shape index (κ3) is 2.24. The number of hydrogen-bond acceptors (Lipinski definition) is 5. The molecule has 0 radical (unpaired) electrons. The molecule has 2 aromatic rings. The van der Waals surface area contributed by atoms with Crippen LogP contribution in [0.15, 0.2) is 24.9 Å². The molecule has 0 aromatic carbocycles. The molecule has 0 bridgehead atoms. The monoisotopic (exact) mass is 244 g/mol. The first-order valence-corrected chi connectivity index (χ1v) is 6.31. The van der Waals surface area contributed by atoms with E-state index in [1.807, 2.05) is 4.68 Å². The van der Waals surface area contributed by atoms with E-state index in [0.29, 0.717) is 6.04 Å². The average Bonchev–Trinajstić information content (AvgIpc) is 2.75. The molecule has 1 saturated heterocycles. The Balaban J connectivity index is 1.91. The van der Waals surface area contributed by atoms with E-state index in [2.05, 4.69) is 25.6 Å². The first-order valence-electron chi connectivity index (χ1n) is 6.31. The summed E-state index contributed by atoms with van der Waals surface area (Å²) < 4.78 is 2.02. The maximum absolute atomic E-state index is 4.24. The molecule has 1 N–H and O–H groups in total. The van der Waals surface area contributed by atoms with Crippen LogP contribution in [0.2, 0.25) is 0 Å². The van der Waals surface area contributed by atoms with Crippen LogP contribution in [0, 0.1) is 0 Å². The summed E-state index contributed by atoms with van der Waals surface area (Å²) in [5.41, 5.74) is 1.97. The van der Waals surface area contributed by atoms with E-state index < -0.39 is 0 Å². The molecule has 94 valence electrons. The van der Waals surface area contributed by atoms with Crippen molar-refractivity contribution in [2.45, 2.75) is 25.3 Å². The first-order chi connectivity index (χ1) is 8.95. The van der Waals surface area contributed by atoms with Crippen LogP contribution in [0.4, 0.5) is 0 Å². The van der Waals surface area contributed by atoms with Crippen LogP contribution in [0.1, 0.15) is 25.3 Å². The van der Waals surface area contributed by atoms with Gasteiger partial charge in [0.25, 0.3) is 0 Å². The number of nitrogens with one attached hydrogen (secondary N) is 1. The van der Waals surface area contributed by atoms with Gasteiger partial charge in [-0.1, -0.05) is 5.21 Å². The molecular weight excluding hydrogens is 228 g/mol. The Morgan fingerprint density at radius 3 is 2.89 bits per heavy atom. The van der Waals surface area contributed by atoms with Gasteiger partial charge in [-0.05, 0) is 32.4 Å². The van der Waals surface area contributed by atoms with Gasteiger partial charge in [0.15, 0.2) is 0 Å². The quantitative estimate of drug-likeness (QED) is 0.855. The standard InChI is InChI=1S/C12H16N6/c1-2-11(3-5-13-4-1)18-12(8-16-17-18)10-6-14-9-15-7-10/h6-9,11,13H,1-5H2. The molecule has 1 atom stereocenters. The predicted molar refractivity (Wildman–Crippen MR) is 66.8 cm³/mol. The van der Waals surface area contributed by atoms with E-state index in [1.54, 1.807) is 18.6 Å². The Labute approximate surface area is 105 Å². The highest BCUT2D eigenvalue weighted by Crippen LogP contribution is 2.25. The molecule has 0 saturated carbocycles. The molecule has 0 aliphatic carbocycles. The van der Waals surface area contributed by atoms with E-state index in [9.17, 15) is 0 Å². The summed E-state index contributed by atoms with van der Waals surface area (Å²) in [5, 5.41) is 11.7. The van der Waals surface area contributed by atoms with Crippen molar-refractivity contribution < 1.29 is 0 Å². The number of nitrogens with zero attached hydrogens (tertiary/aromatic N) is 5. The minimum atomic E-state index is 0.415. The molecule has 18 heavy (non-hydrogen) atoms. The first kappa shape index (κ1) is 11.3. The number of hydrogen-bond donors (Lipinski definition) is 1. The van der Waals surface area contributed by atoms with Gasteiger partial charge in [0, 0.05) is 18.0 Å². The number of aromatic nitrogens is 5. The summed E-state index contributed by atoms with van der Waals surface area (Å²) in [6, 6.07) is 0.415. The van der Waals surface area contributed by atoms with Gasteiger partial charge in [-0.3, -0.25) is 0 Å². The van der Waals surface area contributed by atoms with Crippen LogP contribution in [-0.2, 0) is 0 Å². The predicted octanol–water partition coefficient (Wildman–Crippen LogP) is 1.05. The zero-order chi connectivity index (χ0) is 12.2. The van der Waals surface area contributed by atoms with E-state index >= 15 is 0 Å². The van der Waals surface area contributed by atoms with E-state index in [1.165, 1.54) is 12.7 Å². The van der Waals surface area contributed by atoms with Crippen molar-refractivity contribution in [2.75, 3.05) is 13.1 Å². The third-order valence-electron chi connectivity index (χ3n) is 3.32. The molecule has 1 aliphatic heterocycles. The zero-order valence-corrected chi connectivity index (χ0v) is 10.2. The van der Waals surface area contributed by atoms with Crippen molar-refractivity contribution in [2.24, 2.45) is 0 Å². The molecule has 1 aliphatic rings. The minimum absolute atomic E-state index is 0.415. The van der Waals surface area contributed by atoms with Crippen molar-refractivity contribution in [1.29, 1.82) is 0 Å². The summed E-state index contributed by atoms with van der Waals surface area (Å²) in [6.45, 7) is 2.13. The molecule has 0 spiro atoms. The summed E-state index contributed by atoms with van der Waals surface area (Å²) >= 11 is 0. The lowest BCUT2D eigenvalue weighted by molar-refractivity contribution is 0.408. The molecule has 6 heteroatoms. The summed E-state index contributed by atoms with van der Waals surface area (Å²) in [7, 11) is 0. The van der Waals surface area contributed by atoms with Crippen molar-refractivity contribution in [3.63, 3.8) is 0 Å². The Bertz CT molecular complexity index is 486. The van der Waals surface area contributed by atoms with E-state index in [-0.39, 0.29) is 0 Å². The van der Waals surface area contributed by atoms with Crippen molar-refractivity contribution in [1.82, 2.24) is 30.3 Å². The van der Waals surface area contributed by atoms with Gasteiger partial charge in [0.2, 0.25) is 0 Å². The summed E-state index contributed by atoms with van der Waals surface area (Å²) in [5.74, 6) is 0. The fourth-order valence-electron chi connectivity index (χ4n) is 2.40. The topological polar surface area (TPSA) is 68.5 Å². The summed E-state index contributed by atoms with van der Waals surface area (Å²) in [6.07, 6.45) is 10.3. The SMILES string of the molecule is c1ncc(-c2cnnn2C2CCCNCC2)cn1. The van der Waals surface area contributed by atoms with Crippen LogP contribution in [0.3, 0.4) is 0 Å². The van der Waals surface area contributed by atoms with Gasteiger partial charge in [0.05, 0.1) is 17.9 Å². The van der Waals surface area contributed by atoms with Gasteiger partial charge in [-0.25, -0.2) is 14.6 Å². The van der Waals surface area contributed by atoms with Crippen LogP contribution in [-0.4, -0.2) is 38.1 Å². The Morgan fingerprint density at radius 1 is 1.11 bits per heavy atom. The normalized spacial score (nSPS) is 20.6. The lowest BCUT2D eigenvalue weighted by atomic mass is 10.1. The number of rotatable bonds is 2. The zero-order valence-electron chi connectivity index (χ0n) is 10.2. The molecule has 3 heterocycles. The molecule has 0 amide bonds. The average molecular weight is 244 g/mol. The molecule has 6 nitrogen and oxygen atoms in total. The second kappa shape index (κ2) is 5.22. The van der Waals surface area contributed by atoms with Gasteiger partial charge >= 0.3 is 0 Å². The third-order valence-corrected chi connectivity index (χ3v) is 3.32.